The highest BCUT2D eigenvalue weighted by Crippen LogP contribution is 2.24. The first-order chi connectivity index (χ1) is 8.77. The predicted octanol–water partition coefficient (Wildman–Crippen LogP) is 2.62. The molecule has 0 spiro atoms. The molecule has 0 saturated carbocycles. The molecule has 3 rings (SSSR count). The predicted molar refractivity (Wildman–Crippen MR) is 68.9 cm³/mol. The largest absolute Gasteiger partial charge is 0.299 e. The fraction of sp³-hybridized carbons (Fsp3) is 0.0714. The molecule has 88 valence electrons. The molecule has 0 saturated heterocycles. The Morgan fingerprint density at radius 1 is 1.17 bits per heavy atom. The number of Topliss-reactive ketones (excluding diaryl/α,β-unsaturated/α-hetero) is 1. The third kappa shape index (κ3) is 1.59. The molecule has 3 aromatic rings. The Hall–Kier alpha value is -2.49. The van der Waals surface area contributed by atoms with Crippen LogP contribution in [0.2, 0.25) is 0 Å². The van der Waals surface area contributed by atoms with E-state index in [0.717, 1.165) is 10.9 Å². The van der Waals surface area contributed by atoms with Crippen LogP contribution >= 0.6 is 0 Å². The number of aromatic nitrogens is 3. The number of hydrogen-bond donors (Lipinski definition) is 0. The lowest BCUT2D eigenvalue weighted by molar-refractivity contribution is 0.101. The van der Waals surface area contributed by atoms with Gasteiger partial charge in [-0.05, 0) is 25.1 Å². The van der Waals surface area contributed by atoms with Gasteiger partial charge in [0.05, 0.1) is 5.52 Å². The Morgan fingerprint density at radius 3 is 2.72 bits per heavy atom. The van der Waals surface area contributed by atoms with E-state index in [1.807, 2.05) is 47.2 Å². The van der Waals surface area contributed by atoms with E-state index in [1.54, 1.807) is 13.1 Å². The monoisotopic (exact) mass is 237 g/mol. The van der Waals surface area contributed by atoms with Crippen molar-refractivity contribution >= 4 is 16.7 Å². The number of benzene rings is 1. The van der Waals surface area contributed by atoms with Gasteiger partial charge in [-0.2, -0.15) is 5.10 Å². The molecule has 2 heterocycles. The maximum atomic E-state index is 11.7. The van der Waals surface area contributed by atoms with Crippen LogP contribution < -0.4 is 0 Å². The van der Waals surface area contributed by atoms with Crippen molar-refractivity contribution < 1.29 is 4.79 Å². The summed E-state index contributed by atoms with van der Waals surface area (Å²) in [6.45, 7) is 1.57. The zero-order valence-electron chi connectivity index (χ0n) is 9.87. The summed E-state index contributed by atoms with van der Waals surface area (Å²) >= 11 is 0. The van der Waals surface area contributed by atoms with Crippen LogP contribution in [0.25, 0.3) is 16.7 Å². The van der Waals surface area contributed by atoms with E-state index in [9.17, 15) is 4.79 Å². The Morgan fingerprint density at radius 2 is 2.00 bits per heavy atom. The number of ketones is 1. The van der Waals surface area contributed by atoms with Crippen molar-refractivity contribution in [1.82, 2.24) is 14.8 Å². The van der Waals surface area contributed by atoms with Gasteiger partial charge < -0.3 is 0 Å². The number of carbonyl (C=O) groups excluding carboxylic acids is 1. The third-order valence-electron chi connectivity index (χ3n) is 2.90. The molecule has 2 aromatic heterocycles. The van der Waals surface area contributed by atoms with Crippen LogP contribution in [0.4, 0.5) is 0 Å². The van der Waals surface area contributed by atoms with Crippen LogP contribution in [-0.2, 0) is 0 Å². The van der Waals surface area contributed by atoms with Crippen LogP contribution in [0, 0.1) is 0 Å². The lowest BCUT2D eigenvalue weighted by Gasteiger charge is -2.01. The highest BCUT2D eigenvalue weighted by atomic mass is 16.1. The highest BCUT2D eigenvalue weighted by molar-refractivity contribution is 6.07. The van der Waals surface area contributed by atoms with E-state index in [4.69, 9.17) is 0 Å². The summed E-state index contributed by atoms with van der Waals surface area (Å²) in [6.07, 6.45) is 3.44. The molecule has 0 bridgehead atoms. The molecule has 4 heteroatoms. The van der Waals surface area contributed by atoms with Gasteiger partial charge in [0, 0.05) is 23.3 Å². The molecule has 0 aliphatic rings. The first-order valence-corrected chi connectivity index (χ1v) is 5.66. The van der Waals surface area contributed by atoms with E-state index < -0.39 is 0 Å². The molecular weight excluding hydrogens is 226 g/mol. The zero-order chi connectivity index (χ0) is 12.5. The average Bonchev–Trinajstić information content (AvgIpc) is 2.79. The van der Waals surface area contributed by atoms with Crippen molar-refractivity contribution in [2.75, 3.05) is 0 Å². The number of hydrogen-bond acceptors (Lipinski definition) is 3. The van der Waals surface area contributed by atoms with Gasteiger partial charge in [0.25, 0.3) is 0 Å². The Bertz CT molecular complexity index is 716. The molecule has 18 heavy (non-hydrogen) atoms. The molecule has 0 atom stereocenters. The minimum atomic E-state index is 0.0499. The standard InChI is InChI=1S/C14H11N3O/c1-10(18)12-9-17(14-7-4-8-15-16-14)13-6-3-2-5-11(12)13/h2-9H,1H3. The maximum absolute atomic E-state index is 11.7. The summed E-state index contributed by atoms with van der Waals surface area (Å²) in [5.74, 6) is 0.759. The summed E-state index contributed by atoms with van der Waals surface area (Å²) in [5, 5.41) is 8.88. The lowest BCUT2D eigenvalue weighted by atomic mass is 10.1. The first-order valence-electron chi connectivity index (χ1n) is 5.66. The minimum absolute atomic E-state index is 0.0499. The van der Waals surface area contributed by atoms with E-state index in [-0.39, 0.29) is 5.78 Å². The third-order valence-corrected chi connectivity index (χ3v) is 2.90. The van der Waals surface area contributed by atoms with Crippen molar-refractivity contribution in [2.45, 2.75) is 6.92 Å². The van der Waals surface area contributed by atoms with Gasteiger partial charge in [-0.25, -0.2) is 0 Å². The second-order valence-corrected chi connectivity index (χ2v) is 4.07. The van der Waals surface area contributed by atoms with Crippen LogP contribution in [0.1, 0.15) is 17.3 Å². The van der Waals surface area contributed by atoms with Crippen LogP contribution in [0.5, 0.6) is 0 Å². The van der Waals surface area contributed by atoms with Gasteiger partial charge in [-0.1, -0.05) is 18.2 Å². The number of para-hydroxylation sites is 1. The second kappa shape index (κ2) is 4.07. The molecular formula is C14H11N3O. The van der Waals surface area contributed by atoms with Gasteiger partial charge in [0.15, 0.2) is 11.6 Å². The van der Waals surface area contributed by atoms with Gasteiger partial charge in [-0.3, -0.25) is 9.36 Å². The Labute approximate surface area is 104 Å². The molecule has 0 unspecified atom stereocenters. The SMILES string of the molecule is CC(=O)c1cn(-c2cccnn2)c2ccccc12. The Balaban J connectivity index is 2.34. The zero-order valence-corrected chi connectivity index (χ0v) is 9.87. The van der Waals surface area contributed by atoms with Gasteiger partial charge >= 0.3 is 0 Å². The molecule has 0 fully saturated rings. The fourth-order valence-electron chi connectivity index (χ4n) is 2.07. The molecule has 1 aromatic carbocycles. The summed E-state index contributed by atoms with van der Waals surface area (Å²) in [6, 6.07) is 11.5. The van der Waals surface area contributed by atoms with Gasteiger partial charge in [0.1, 0.15) is 0 Å². The molecule has 0 radical (unpaired) electrons. The smallest absolute Gasteiger partial charge is 0.161 e. The van der Waals surface area contributed by atoms with Crippen LogP contribution in [0.3, 0.4) is 0 Å². The minimum Gasteiger partial charge on any atom is -0.299 e. The number of fused-ring (bicyclic) bond motifs is 1. The van der Waals surface area contributed by atoms with E-state index >= 15 is 0 Å². The lowest BCUT2D eigenvalue weighted by Crippen LogP contribution is -1.96. The summed E-state index contributed by atoms with van der Waals surface area (Å²) in [4.78, 5) is 11.7. The van der Waals surface area contributed by atoms with Crippen molar-refractivity contribution in [3.8, 4) is 5.82 Å². The van der Waals surface area contributed by atoms with Crippen molar-refractivity contribution in [3.63, 3.8) is 0 Å². The van der Waals surface area contributed by atoms with Gasteiger partial charge in [-0.15, -0.1) is 5.10 Å². The molecule has 0 aliphatic carbocycles. The van der Waals surface area contributed by atoms with E-state index in [1.165, 1.54) is 0 Å². The van der Waals surface area contributed by atoms with Crippen molar-refractivity contribution in [3.05, 3.63) is 54.4 Å². The number of nitrogens with zero attached hydrogens (tertiary/aromatic N) is 3. The quantitative estimate of drug-likeness (QED) is 0.644. The Kier molecular flexibility index (Phi) is 2.41. The fourth-order valence-corrected chi connectivity index (χ4v) is 2.07. The summed E-state index contributed by atoms with van der Waals surface area (Å²) in [5.41, 5.74) is 1.67. The molecule has 0 aliphatic heterocycles. The molecule has 0 amide bonds. The van der Waals surface area contributed by atoms with E-state index in [2.05, 4.69) is 10.2 Å². The maximum Gasteiger partial charge on any atom is 0.161 e. The molecule has 4 nitrogen and oxygen atoms in total. The summed E-state index contributed by atoms with van der Waals surface area (Å²) < 4.78 is 1.89. The number of rotatable bonds is 2. The van der Waals surface area contributed by atoms with Crippen LogP contribution in [0.15, 0.2) is 48.8 Å². The second-order valence-electron chi connectivity index (χ2n) is 4.07. The van der Waals surface area contributed by atoms with Crippen molar-refractivity contribution in [1.29, 1.82) is 0 Å². The van der Waals surface area contributed by atoms with E-state index in [0.29, 0.717) is 11.4 Å². The van der Waals surface area contributed by atoms with Gasteiger partial charge in [0.2, 0.25) is 0 Å². The topological polar surface area (TPSA) is 47.8 Å². The normalized spacial score (nSPS) is 10.7. The van der Waals surface area contributed by atoms with Crippen molar-refractivity contribution in [2.24, 2.45) is 0 Å². The highest BCUT2D eigenvalue weighted by Gasteiger charge is 2.12. The molecule has 0 N–H and O–H groups in total. The summed E-state index contributed by atoms with van der Waals surface area (Å²) in [7, 11) is 0. The van der Waals surface area contributed by atoms with Crippen LogP contribution in [-0.4, -0.2) is 20.5 Å². The first kappa shape index (κ1) is 10.7. The average molecular weight is 237 g/mol. The number of carbonyl (C=O) groups is 1.